The average molecular weight is 369 g/mol. The molecule has 1 N–H and O–H groups in total. The van der Waals surface area contributed by atoms with Gasteiger partial charge in [0.25, 0.3) is 15.9 Å². The van der Waals surface area contributed by atoms with E-state index in [1.807, 2.05) is 20.8 Å². The van der Waals surface area contributed by atoms with Crippen molar-refractivity contribution in [3.8, 4) is 0 Å². The first kappa shape index (κ1) is 18.0. The Morgan fingerprint density at radius 3 is 2.84 bits per heavy atom. The second-order valence-corrected chi connectivity index (χ2v) is 8.68. The van der Waals surface area contributed by atoms with Gasteiger partial charge in [0.15, 0.2) is 16.5 Å². The number of nitrogens with zero attached hydrogens (tertiary/aromatic N) is 5. The Morgan fingerprint density at radius 2 is 2.20 bits per heavy atom. The van der Waals surface area contributed by atoms with Crippen LogP contribution in [-0.4, -0.2) is 50.6 Å². The van der Waals surface area contributed by atoms with Crippen LogP contribution in [0.15, 0.2) is 22.1 Å². The first-order valence-electron chi connectivity index (χ1n) is 8.32. The first-order chi connectivity index (χ1) is 11.7. The maximum absolute atomic E-state index is 12.8. The van der Waals surface area contributed by atoms with Crippen LogP contribution in [0, 0.1) is 5.92 Å². The highest BCUT2D eigenvalue weighted by molar-refractivity contribution is 7.89. The largest absolute Gasteiger partial charge is 0.379 e. The van der Waals surface area contributed by atoms with Gasteiger partial charge in [-0.25, -0.2) is 13.4 Å². The number of aromatic nitrogens is 4. The summed E-state index contributed by atoms with van der Waals surface area (Å²) in [6.07, 6.45) is 3.81. The molecule has 1 fully saturated rings. The summed E-state index contributed by atoms with van der Waals surface area (Å²) in [6.45, 7) is 6.69. The van der Waals surface area contributed by atoms with Crippen molar-refractivity contribution in [2.24, 2.45) is 5.92 Å². The predicted octanol–water partition coefficient (Wildman–Crippen LogP) is 0.767. The number of hydrogen-bond acceptors (Lipinski definition) is 7. The molecule has 1 aliphatic rings. The zero-order valence-electron chi connectivity index (χ0n) is 14.6. The first-order valence-corrected chi connectivity index (χ1v) is 9.76. The molecule has 0 aliphatic carbocycles. The molecule has 2 aromatic rings. The molecule has 0 aromatic carbocycles. The Bertz CT molecular complexity index is 844. The third-order valence-corrected chi connectivity index (χ3v) is 5.92. The van der Waals surface area contributed by atoms with E-state index in [2.05, 4.69) is 15.1 Å². The molecule has 1 saturated heterocycles. The average Bonchev–Trinajstić information content (AvgIpc) is 3.25. The van der Waals surface area contributed by atoms with Gasteiger partial charge in [-0.1, -0.05) is 25.9 Å². The van der Waals surface area contributed by atoms with Crippen molar-refractivity contribution in [2.45, 2.75) is 50.8 Å². The summed E-state index contributed by atoms with van der Waals surface area (Å²) in [4.78, 5) is 8.16. The molecule has 0 bridgehead atoms. The van der Waals surface area contributed by atoms with Crippen LogP contribution in [0.25, 0.3) is 0 Å². The molecule has 0 amide bonds. The predicted molar refractivity (Wildman–Crippen MR) is 88.0 cm³/mol. The van der Waals surface area contributed by atoms with E-state index < -0.39 is 15.6 Å². The molecule has 0 radical (unpaired) electrons. The Balaban J connectivity index is 1.79. The van der Waals surface area contributed by atoms with Crippen molar-refractivity contribution in [3.63, 3.8) is 0 Å². The summed E-state index contributed by atoms with van der Waals surface area (Å²) in [6, 6.07) is 0. The van der Waals surface area contributed by atoms with Crippen molar-refractivity contribution in [1.82, 2.24) is 24.0 Å². The molecule has 0 saturated carbocycles. The van der Waals surface area contributed by atoms with Crippen LogP contribution in [0.3, 0.4) is 0 Å². The number of imidazole rings is 1. The lowest BCUT2D eigenvalue weighted by molar-refractivity contribution is 0.0194. The smallest absolute Gasteiger partial charge is 0.262 e. The lowest BCUT2D eigenvalue weighted by Crippen LogP contribution is -2.34. The molecule has 25 heavy (non-hydrogen) atoms. The van der Waals surface area contributed by atoms with E-state index >= 15 is 0 Å². The topological polar surface area (TPSA) is 114 Å². The fourth-order valence-corrected chi connectivity index (χ4v) is 4.28. The van der Waals surface area contributed by atoms with E-state index in [1.54, 1.807) is 4.57 Å². The van der Waals surface area contributed by atoms with Crippen molar-refractivity contribution in [2.75, 3.05) is 13.1 Å². The third kappa shape index (κ3) is 3.46. The minimum absolute atomic E-state index is 0.0165. The molecule has 1 aliphatic heterocycles. The number of sulfonamides is 1. The summed E-state index contributed by atoms with van der Waals surface area (Å²) >= 11 is 0. The Hall–Kier alpha value is -1.78. The number of aliphatic hydroxyl groups is 1. The Labute approximate surface area is 146 Å². The number of rotatable bonds is 6. The van der Waals surface area contributed by atoms with E-state index in [-0.39, 0.29) is 30.4 Å². The van der Waals surface area contributed by atoms with Crippen LogP contribution >= 0.6 is 0 Å². The summed E-state index contributed by atoms with van der Waals surface area (Å²) in [5.41, 5.74) is -1.46. The molecule has 2 aromatic heterocycles. The molecule has 0 spiro atoms. The van der Waals surface area contributed by atoms with Gasteiger partial charge in [-0.05, 0) is 5.92 Å². The standard InChI is InChI=1S/C15H23N5O4S/c1-4-12-17-14(24-18-12)15(21)5-6-20(9-15)25(22,23)13-8-19(10-16-13)7-11(2)3/h8,10-11,21H,4-7,9H2,1-3H3/t15-/m0/s1. The van der Waals surface area contributed by atoms with Crippen LogP contribution in [0.4, 0.5) is 0 Å². The second kappa shape index (κ2) is 6.50. The van der Waals surface area contributed by atoms with E-state index in [4.69, 9.17) is 4.52 Å². The van der Waals surface area contributed by atoms with E-state index in [9.17, 15) is 13.5 Å². The Kier molecular flexibility index (Phi) is 4.69. The van der Waals surface area contributed by atoms with Crippen LogP contribution in [0.5, 0.6) is 0 Å². The van der Waals surface area contributed by atoms with Gasteiger partial charge in [0.2, 0.25) is 0 Å². The number of β-amino-alcohol motifs (C(OH)–C–C–N with tert-alkyl or cyclic N) is 1. The van der Waals surface area contributed by atoms with E-state index in [0.29, 0.717) is 24.7 Å². The quantitative estimate of drug-likeness (QED) is 0.799. The van der Waals surface area contributed by atoms with E-state index in [0.717, 1.165) is 0 Å². The zero-order valence-corrected chi connectivity index (χ0v) is 15.4. The summed E-state index contributed by atoms with van der Waals surface area (Å²) < 4.78 is 33.6. The van der Waals surface area contributed by atoms with Crippen molar-refractivity contribution < 1.29 is 18.0 Å². The van der Waals surface area contributed by atoms with Gasteiger partial charge in [-0.3, -0.25) is 0 Å². The minimum Gasteiger partial charge on any atom is -0.379 e. The number of aryl methyl sites for hydroxylation is 1. The monoisotopic (exact) mass is 369 g/mol. The van der Waals surface area contributed by atoms with Gasteiger partial charge in [-0.2, -0.15) is 9.29 Å². The zero-order chi connectivity index (χ0) is 18.2. The lowest BCUT2D eigenvalue weighted by atomic mass is 10.0. The fourth-order valence-electron chi connectivity index (χ4n) is 2.85. The third-order valence-electron chi connectivity index (χ3n) is 4.18. The van der Waals surface area contributed by atoms with Crippen LogP contribution in [-0.2, 0) is 28.6 Å². The summed E-state index contributed by atoms with van der Waals surface area (Å²) in [5, 5.41) is 14.5. The normalized spacial score (nSPS) is 22.1. The van der Waals surface area contributed by atoms with Gasteiger partial charge in [0.05, 0.1) is 12.9 Å². The minimum atomic E-state index is -3.78. The lowest BCUT2D eigenvalue weighted by Gasteiger charge is -2.18. The van der Waals surface area contributed by atoms with Crippen LogP contribution in [0.1, 0.15) is 38.9 Å². The number of hydrogen-bond donors (Lipinski definition) is 1. The maximum atomic E-state index is 12.8. The van der Waals surface area contributed by atoms with Gasteiger partial charge >= 0.3 is 0 Å². The molecule has 1 atom stereocenters. The SMILES string of the molecule is CCc1noc([C@]2(O)CCN(S(=O)(=O)c3cn(CC(C)C)cn3)C2)n1. The van der Waals surface area contributed by atoms with Gasteiger partial charge in [-0.15, -0.1) is 0 Å². The molecule has 0 unspecified atom stereocenters. The highest BCUT2D eigenvalue weighted by atomic mass is 32.2. The fraction of sp³-hybridized carbons (Fsp3) is 0.667. The van der Waals surface area contributed by atoms with Crippen molar-refractivity contribution >= 4 is 10.0 Å². The van der Waals surface area contributed by atoms with Crippen LogP contribution in [0.2, 0.25) is 0 Å². The van der Waals surface area contributed by atoms with E-state index in [1.165, 1.54) is 16.8 Å². The van der Waals surface area contributed by atoms with Gasteiger partial charge in [0, 0.05) is 32.1 Å². The summed E-state index contributed by atoms with van der Waals surface area (Å²) in [7, 11) is -3.78. The molecule has 138 valence electrons. The molecule has 10 heteroatoms. The maximum Gasteiger partial charge on any atom is 0.262 e. The highest BCUT2D eigenvalue weighted by Crippen LogP contribution is 2.33. The molecule has 9 nitrogen and oxygen atoms in total. The second-order valence-electron chi connectivity index (χ2n) is 6.79. The van der Waals surface area contributed by atoms with Crippen molar-refractivity contribution in [1.29, 1.82) is 0 Å². The summed E-state index contributed by atoms with van der Waals surface area (Å²) in [5.74, 6) is 0.927. The highest BCUT2D eigenvalue weighted by Gasteiger charge is 2.47. The van der Waals surface area contributed by atoms with Crippen molar-refractivity contribution in [3.05, 3.63) is 24.2 Å². The molecular formula is C15H23N5O4S. The van der Waals surface area contributed by atoms with Gasteiger partial charge in [0.1, 0.15) is 0 Å². The molecule has 3 heterocycles. The Morgan fingerprint density at radius 1 is 1.44 bits per heavy atom. The molecule has 3 rings (SSSR count). The van der Waals surface area contributed by atoms with Gasteiger partial charge < -0.3 is 14.2 Å². The van der Waals surface area contributed by atoms with Crippen LogP contribution < -0.4 is 0 Å². The molecular weight excluding hydrogens is 346 g/mol.